The van der Waals surface area contributed by atoms with Crippen molar-refractivity contribution in [2.24, 2.45) is 0 Å². The number of methoxy groups -OCH3 is 1. The number of pyridine rings is 1. The van der Waals surface area contributed by atoms with E-state index in [0.717, 1.165) is 29.2 Å². The van der Waals surface area contributed by atoms with E-state index in [2.05, 4.69) is 15.2 Å². The van der Waals surface area contributed by atoms with E-state index in [1.54, 1.807) is 26.0 Å². The molecule has 1 unspecified atom stereocenters. The molecular weight excluding hydrogens is 588 g/mol. The second-order valence-electron chi connectivity index (χ2n) is 10.1. The van der Waals surface area contributed by atoms with Crippen LogP contribution in [0.15, 0.2) is 64.0 Å². The van der Waals surface area contributed by atoms with Crippen molar-refractivity contribution in [1.82, 2.24) is 15.0 Å². The van der Waals surface area contributed by atoms with Gasteiger partial charge in [0, 0.05) is 48.0 Å². The Kier molecular flexibility index (Phi) is 8.43. The summed E-state index contributed by atoms with van der Waals surface area (Å²) in [5.41, 5.74) is -0.131. The van der Waals surface area contributed by atoms with Crippen LogP contribution in [0.1, 0.15) is 38.9 Å². The van der Waals surface area contributed by atoms with Crippen molar-refractivity contribution in [2.75, 3.05) is 18.6 Å². The Morgan fingerprint density at radius 2 is 1.75 bits per heavy atom. The molecule has 4 aromatic rings. The van der Waals surface area contributed by atoms with Crippen molar-refractivity contribution >= 4 is 17.5 Å². The van der Waals surface area contributed by atoms with Gasteiger partial charge in [0.1, 0.15) is 34.9 Å². The van der Waals surface area contributed by atoms with Crippen LogP contribution < -0.4 is 25.2 Å². The molecule has 14 heteroatoms. The van der Waals surface area contributed by atoms with E-state index >= 15 is 8.78 Å². The zero-order valence-corrected chi connectivity index (χ0v) is 23.6. The molecule has 0 bridgehead atoms. The minimum atomic E-state index is -3.07. The predicted molar refractivity (Wildman–Crippen MR) is 148 cm³/mol. The van der Waals surface area contributed by atoms with Gasteiger partial charge in [-0.1, -0.05) is 5.16 Å². The number of hydrogen-bond donors (Lipinski definition) is 1. The largest absolute Gasteiger partial charge is 0.497 e. The summed E-state index contributed by atoms with van der Waals surface area (Å²) in [5.74, 6) is -4.82. The summed E-state index contributed by atoms with van der Waals surface area (Å²) in [5, 5.41) is 6.33. The maximum absolute atomic E-state index is 15.3. The lowest BCUT2D eigenvalue weighted by Gasteiger charge is -2.20. The molecule has 1 saturated heterocycles. The lowest BCUT2D eigenvalue weighted by molar-refractivity contribution is -0.118. The third-order valence-corrected chi connectivity index (χ3v) is 7.22. The predicted octanol–water partition coefficient (Wildman–Crippen LogP) is 4.32. The molecule has 2 aromatic heterocycles. The minimum Gasteiger partial charge on any atom is -0.497 e. The average Bonchev–Trinajstić information content (AvgIpc) is 3.52. The Labute approximate surface area is 247 Å². The fourth-order valence-corrected chi connectivity index (χ4v) is 5.16. The summed E-state index contributed by atoms with van der Waals surface area (Å²) in [6.45, 7) is -0.0989. The number of anilines is 1. The van der Waals surface area contributed by atoms with Crippen LogP contribution in [0.5, 0.6) is 11.5 Å². The number of ether oxygens (including phenoxy) is 2. The molecule has 1 aliphatic heterocycles. The van der Waals surface area contributed by atoms with Gasteiger partial charge in [0.25, 0.3) is 11.5 Å². The van der Waals surface area contributed by atoms with Crippen LogP contribution in [0.3, 0.4) is 0 Å². The Bertz CT molecular complexity index is 1750. The van der Waals surface area contributed by atoms with Gasteiger partial charge in [-0.15, -0.1) is 0 Å². The first kappa shape index (κ1) is 30.3. The number of nitrogens with zero attached hydrogens (tertiary/aromatic N) is 3. The monoisotopic (exact) mass is 614 g/mol. The number of alkyl halides is 2. The number of rotatable bonds is 9. The summed E-state index contributed by atoms with van der Waals surface area (Å²) in [6, 6.07) is 8.30. The van der Waals surface area contributed by atoms with Crippen molar-refractivity contribution < 1.29 is 41.1 Å². The van der Waals surface area contributed by atoms with Crippen LogP contribution in [0.25, 0.3) is 0 Å². The molecule has 1 aliphatic rings. The first-order valence-electron chi connectivity index (χ1n) is 13.3. The number of halogens is 4. The van der Waals surface area contributed by atoms with Gasteiger partial charge in [-0.25, -0.2) is 8.78 Å². The standard InChI is InChI=1S/C30H26F4N4O6/c1-15-8-9-37(13-20-10-16(2)36-44-20)29(41)26(15)38-14-21(24-22(31)11-19(42-3)12-23(24)32)25(28(38)40)35-27(39)17-4-6-18(7-5-17)43-30(33)34/h4-12,21,25,30H,13-14H2,1-3H3,(H,35,39)/t21-,25?/m0/s1. The number of carbonyl (C=O) groups is 2. The second kappa shape index (κ2) is 12.2. The van der Waals surface area contributed by atoms with Crippen LogP contribution in [0.2, 0.25) is 0 Å². The summed E-state index contributed by atoms with van der Waals surface area (Å²) in [7, 11) is 1.23. The Hall–Kier alpha value is -5.14. The van der Waals surface area contributed by atoms with Crippen LogP contribution in [0, 0.1) is 25.5 Å². The molecule has 10 nitrogen and oxygen atoms in total. The minimum absolute atomic E-state index is 0.00554. The van der Waals surface area contributed by atoms with Gasteiger partial charge < -0.3 is 28.8 Å². The highest BCUT2D eigenvalue weighted by molar-refractivity contribution is 6.05. The maximum atomic E-state index is 15.3. The van der Waals surface area contributed by atoms with Gasteiger partial charge in [-0.2, -0.15) is 8.78 Å². The molecule has 0 spiro atoms. The van der Waals surface area contributed by atoms with Crippen LogP contribution in [-0.4, -0.2) is 47.8 Å². The molecule has 5 rings (SSSR count). The van der Waals surface area contributed by atoms with Gasteiger partial charge in [0.2, 0.25) is 5.91 Å². The topological polar surface area (TPSA) is 116 Å². The lowest BCUT2D eigenvalue weighted by atomic mass is 9.92. The van der Waals surface area contributed by atoms with E-state index in [9.17, 15) is 23.2 Å². The summed E-state index contributed by atoms with van der Waals surface area (Å²) >= 11 is 0. The van der Waals surface area contributed by atoms with Gasteiger partial charge in [0.05, 0.1) is 19.3 Å². The van der Waals surface area contributed by atoms with E-state index in [-0.39, 0.29) is 35.8 Å². The van der Waals surface area contributed by atoms with Crippen molar-refractivity contribution in [1.29, 1.82) is 0 Å². The van der Waals surface area contributed by atoms with E-state index in [1.165, 1.54) is 30.0 Å². The van der Waals surface area contributed by atoms with Gasteiger partial charge in [-0.3, -0.25) is 14.4 Å². The maximum Gasteiger partial charge on any atom is 0.387 e. The zero-order chi connectivity index (χ0) is 31.7. The molecule has 0 radical (unpaired) electrons. The lowest BCUT2D eigenvalue weighted by Crippen LogP contribution is -2.45. The van der Waals surface area contributed by atoms with Crippen LogP contribution in [-0.2, 0) is 11.3 Å². The van der Waals surface area contributed by atoms with Gasteiger partial charge >= 0.3 is 6.61 Å². The number of amides is 2. The van der Waals surface area contributed by atoms with Gasteiger partial charge in [-0.05, 0) is 49.7 Å². The number of carbonyl (C=O) groups excluding carboxylic acids is 2. The summed E-state index contributed by atoms with van der Waals surface area (Å²) in [6.07, 6.45) is 1.51. The van der Waals surface area contributed by atoms with Crippen molar-refractivity contribution in [3.05, 3.63) is 105 Å². The smallest absolute Gasteiger partial charge is 0.387 e. The number of aromatic nitrogens is 2. The SMILES string of the molecule is COc1cc(F)c([C@@H]2CN(c3c(C)ccn(Cc4cc(C)no4)c3=O)C(=O)C2NC(=O)c2ccc(OC(F)F)cc2)c(F)c1. The molecule has 2 atom stereocenters. The summed E-state index contributed by atoms with van der Waals surface area (Å²) in [4.78, 5) is 41.9. The molecule has 44 heavy (non-hydrogen) atoms. The first-order valence-corrected chi connectivity index (χ1v) is 13.3. The molecule has 1 fully saturated rings. The normalized spacial score (nSPS) is 16.5. The van der Waals surface area contributed by atoms with E-state index in [0.29, 0.717) is 17.0 Å². The molecule has 230 valence electrons. The highest BCUT2D eigenvalue weighted by Crippen LogP contribution is 2.36. The van der Waals surface area contributed by atoms with Gasteiger partial charge in [0.15, 0.2) is 5.76 Å². The number of nitrogens with one attached hydrogen (secondary N) is 1. The molecule has 3 heterocycles. The van der Waals surface area contributed by atoms with E-state index in [4.69, 9.17) is 9.26 Å². The Morgan fingerprint density at radius 1 is 1.07 bits per heavy atom. The Morgan fingerprint density at radius 3 is 2.34 bits per heavy atom. The molecule has 2 aromatic carbocycles. The van der Waals surface area contributed by atoms with E-state index in [1.807, 2.05) is 0 Å². The number of benzene rings is 2. The zero-order valence-electron chi connectivity index (χ0n) is 23.6. The van der Waals surface area contributed by atoms with Crippen LogP contribution >= 0.6 is 0 Å². The number of hydrogen-bond acceptors (Lipinski definition) is 7. The highest BCUT2D eigenvalue weighted by atomic mass is 19.3. The Balaban J connectivity index is 1.53. The molecule has 2 amide bonds. The van der Waals surface area contributed by atoms with E-state index < -0.39 is 53.1 Å². The fraction of sp³-hybridized carbons (Fsp3) is 0.267. The highest BCUT2D eigenvalue weighted by Gasteiger charge is 2.46. The molecule has 1 N–H and O–H groups in total. The van der Waals surface area contributed by atoms with Crippen molar-refractivity contribution in [3.8, 4) is 11.5 Å². The fourth-order valence-electron chi connectivity index (χ4n) is 5.16. The second-order valence-corrected chi connectivity index (χ2v) is 10.1. The third kappa shape index (κ3) is 6.00. The number of aryl methyl sites for hydroxylation is 2. The summed E-state index contributed by atoms with van der Waals surface area (Å²) < 4.78 is 71.5. The average molecular weight is 615 g/mol. The third-order valence-electron chi connectivity index (χ3n) is 7.22. The molecule has 0 aliphatic carbocycles. The quantitative estimate of drug-likeness (QED) is 0.279. The van der Waals surface area contributed by atoms with Crippen molar-refractivity contribution in [2.45, 2.75) is 39.0 Å². The molecular formula is C30H26F4N4O6. The molecule has 0 saturated carbocycles. The van der Waals surface area contributed by atoms with Crippen LogP contribution in [0.4, 0.5) is 23.2 Å². The van der Waals surface area contributed by atoms with Crippen molar-refractivity contribution in [3.63, 3.8) is 0 Å². The first-order chi connectivity index (χ1) is 21.0.